The van der Waals surface area contributed by atoms with Crippen LogP contribution in [0.4, 0.5) is 5.69 Å². The summed E-state index contributed by atoms with van der Waals surface area (Å²) in [6.45, 7) is 8.78. The van der Waals surface area contributed by atoms with E-state index >= 15 is 0 Å². The minimum atomic E-state index is 0.659. The van der Waals surface area contributed by atoms with Crippen LogP contribution in [0.1, 0.15) is 5.69 Å². The second kappa shape index (κ2) is 2.35. The summed E-state index contributed by atoms with van der Waals surface area (Å²) in [5, 5.41) is 7.97. The third-order valence-corrected chi connectivity index (χ3v) is 1.86. The number of H-pyrrole nitrogens is 1. The van der Waals surface area contributed by atoms with Crippen molar-refractivity contribution in [2.45, 2.75) is 6.92 Å². The van der Waals surface area contributed by atoms with Crippen molar-refractivity contribution < 1.29 is 0 Å². The molecule has 58 valence electrons. The van der Waals surface area contributed by atoms with Crippen LogP contribution in [0.3, 0.4) is 0 Å². The van der Waals surface area contributed by atoms with E-state index in [2.05, 4.69) is 15.0 Å². The lowest BCUT2D eigenvalue weighted by Crippen LogP contribution is -1.68. The Balaban J connectivity index is 2.82. The Morgan fingerprint density at radius 1 is 1.50 bits per heavy atom. The fraction of sp³-hybridized carbons (Fsp3) is 0.111. The van der Waals surface area contributed by atoms with Crippen LogP contribution in [0.25, 0.3) is 15.7 Å². The van der Waals surface area contributed by atoms with Crippen LogP contribution in [-0.2, 0) is 0 Å². The highest BCUT2D eigenvalue weighted by Gasteiger charge is 2.00. The number of hydrogen-bond donors (Lipinski definition) is 1. The molecule has 3 nitrogen and oxygen atoms in total. The molecule has 0 radical (unpaired) electrons. The Bertz CT molecular complexity index is 462. The molecule has 1 aromatic heterocycles. The number of hydrogen-bond acceptors (Lipinski definition) is 1. The minimum Gasteiger partial charge on any atom is -0.282 e. The van der Waals surface area contributed by atoms with Crippen molar-refractivity contribution in [1.82, 2.24) is 10.2 Å². The highest BCUT2D eigenvalue weighted by atomic mass is 15.1. The number of aromatic nitrogens is 2. The molecule has 0 amide bonds. The number of nitrogens with zero attached hydrogens (tertiary/aromatic N) is 2. The maximum atomic E-state index is 6.84. The lowest BCUT2D eigenvalue weighted by molar-refractivity contribution is 1.07. The van der Waals surface area contributed by atoms with Crippen LogP contribution in [0, 0.1) is 13.5 Å². The predicted octanol–water partition coefficient (Wildman–Crippen LogP) is 2.42. The summed E-state index contributed by atoms with van der Waals surface area (Å²) in [7, 11) is 0. The van der Waals surface area contributed by atoms with Gasteiger partial charge in [0.15, 0.2) is 5.69 Å². The minimum absolute atomic E-state index is 0.659. The largest absolute Gasteiger partial charge is 0.282 e. The lowest BCUT2D eigenvalue weighted by atomic mass is 10.2. The van der Waals surface area contributed by atoms with E-state index in [1.807, 2.05) is 19.1 Å². The van der Waals surface area contributed by atoms with E-state index in [0.717, 1.165) is 16.6 Å². The van der Waals surface area contributed by atoms with Crippen molar-refractivity contribution in [2.75, 3.05) is 0 Å². The molecule has 0 bridgehead atoms. The molecular formula is C9H7N3. The second-order valence-electron chi connectivity index (χ2n) is 2.66. The fourth-order valence-corrected chi connectivity index (χ4v) is 1.20. The summed E-state index contributed by atoms with van der Waals surface area (Å²) < 4.78 is 0. The van der Waals surface area contributed by atoms with Crippen LogP contribution in [-0.4, -0.2) is 10.2 Å². The van der Waals surface area contributed by atoms with Crippen LogP contribution in [0.5, 0.6) is 0 Å². The molecule has 1 heterocycles. The molecule has 0 spiro atoms. The third kappa shape index (κ3) is 0.857. The quantitative estimate of drug-likeness (QED) is 0.585. The third-order valence-electron chi connectivity index (χ3n) is 1.86. The van der Waals surface area contributed by atoms with E-state index in [0.29, 0.717) is 5.69 Å². The van der Waals surface area contributed by atoms with Gasteiger partial charge in [-0.05, 0) is 19.1 Å². The van der Waals surface area contributed by atoms with E-state index in [9.17, 15) is 0 Å². The van der Waals surface area contributed by atoms with Crippen molar-refractivity contribution in [3.63, 3.8) is 0 Å². The van der Waals surface area contributed by atoms with Crippen LogP contribution < -0.4 is 0 Å². The SMILES string of the molecule is [C-]#[N+]c1ccc2n[nH]c(C)c2c1. The first-order valence-corrected chi connectivity index (χ1v) is 3.63. The van der Waals surface area contributed by atoms with Crippen molar-refractivity contribution in [3.8, 4) is 0 Å². The summed E-state index contributed by atoms with van der Waals surface area (Å²) >= 11 is 0. The van der Waals surface area contributed by atoms with Gasteiger partial charge in [0.2, 0.25) is 0 Å². The highest BCUT2D eigenvalue weighted by molar-refractivity contribution is 5.84. The smallest absolute Gasteiger partial charge is 0.188 e. The van der Waals surface area contributed by atoms with Gasteiger partial charge >= 0.3 is 0 Å². The van der Waals surface area contributed by atoms with Gasteiger partial charge in [-0.15, -0.1) is 0 Å². The topological polar surface area (TPSA) is 33.0 Å². The molecule has 0 aliphatic carbocycles. The van der Waals surface area contributed by atoms with Gasteiger partial charge in [-0.25, -0.2) is 4.85 Å². The lowest BCUT2D eigenvalue weighted by Gasteiger charge is -1.89. The molecule has 3 heteroatoms. The van der Waals surface area contributed by atoms with Gasteiger partial charge in [-0.2, -0.15) is 5.10 Å². The molecule has 0 fully saturated rings. The molecule has 0 aliphatic heterocycles. The first-order valence-electron chi connectivity index (χ1n) is 3.63. The van der Waals surface area contributed by atoms with Gasteiger partial charge in [-0.3, -0.25) is 5.10 Å². The van der Waals surface area contributed by atoms with E-state index in [1.165, 1.54) is 0 Å². The van der Waals surface area contributed by atoms with E-state index in [1.54, 1.807) is 6.07 Å². The van der Waals surface area contributed by atoms with Crippen LogP contribution >= 0.6 is 0 Å². The van der Waals surface area contributed by atoms with Crippen LogP contribution in [0.2, 0.25) is 0 Å². The normalized spacial score (nSPS) is 10.0. The molecule has 0 aliphatic rings. The summed E-state index contributed by atoms with van der Waals surface area (Å²) in [4.78, 5) is 3.35. The van der Waals surface area contributed by atoms with Crippen molar-refractivity contribution >= 4 is 16.6 Å². The molecule has 1 aromatic carbocycles. The number of fused-ring (bicyclic) bond motifs is 1. The summed E-state index contributed by atoms with van der Waals surface area (Å²) in [6, 6.07) is 5.48. The molecule has 0 saturated carbocycles. The van der Waals surface area contributed by atoms with Gasteiger partial charge in [-0.1, -0.05) is 6.07 Å². The summed E-state index contributed by atoms with van der Waals surface area (Å²) in [5.41, 5.74) is 2.59. The standard InChI is InChI=1S/C9H7N3/c1-6-8-5-7(10-2)3-4-9(8)12-11-6/h3-5H,1H3,(H,11,12). The van der Waals surface area contributed by atoms with Gasteiger partial charge in [0.1, 0.15) is 0 Å². The maximum Gasteiger partial charge on any atom is 0.188 e. The Morgan fingerprint density at radius 3 is 3.08 bits per heavy atom. The second-order valence-corrected chi connectivity index (χ2v) is 2.66. The Hall–Kier alpha value is -1.82. The number of benzene rings is 1. The predicted molar refractivity (Wildman–Crippen MR) is 47.1 cm³/mol. The van der Waals surface area contributed by atoms with Gasteiger partial charge in [0, 0.05) is 11.1 Å². The zero-order valence-electron chi connectivity index (χ0n) is 6.63. The zero-order valence-corrected chi connectivity index (χ0v) is 6.63. The average Bonchev–Trinajstić information content (AvgIpc) is 2.47. The Kier molecular flexibility index (Phi) is 1.34. The summed E-state index contributed by atoms with van der Waals surface area (Å²) in [5.74, 6) is 0. The molecule has 2 rings (SSSR count). The Labute approximate surface area is 69.8 Å². The van der Waals surface area contributed by atoms with E-state index in [4.69, 9.17) is 6.57 Å². The van der Waals surface area contributed by atoms with E-state index < -0.39 is 0 Å². The number of aryl methyl sites for hydroxylation is 1. The molecule has 12 heavy (non-hydrogen) atoms. The highest BCUT2D eigenvalue weighted by Crippen LogP contribution is 2.21. The van der Waals surface area contributed by atoms with Crippen molar-refractivity contribution in [3.05, 3.63) is 35.3 Å². The number of nitrogens with one attached hydrogen (secondary N) is 1. The Morgan fingerprint density at radius 2 is 2.33 bits per heavy atom. The molecule has 1 N–H and O–H groups in total. The van der Waals surface area contributed by atoms with Gasteiger partial charge < -0.3 is 0 Å². The number of aromatic amines is 1. The van der Waals surface area contributed by atoms with Crippen LogP contribution in [0.15, 0.2) is 18.2 Å². The fourth-order valence-electron chi connectivity index (χ4n) is 1.20. The first-order chi connectivity index (χ1) is 5.81. The maximum absolute atomic E-state index is 6.84. The van der Waals surface area contributed by atoms with Gasteiger partial charge in [0.05, 0.1) is 12.1 Å². The monoisotopic (exact) mass is 157 g/mol. The molecule has 0 atom stereocenters. The summed E-state index contributed by atoms with van der Waals surface area (Å²) in [6.07, 6.45) is 0. The van der Waals surface area contributed by atoms with E-state index in [-0.39, 0.29) is 0 Å². The molecule has 2 aromatic rings. The van der Waals surface area contributed by atoms with Crippen molar-refractivity contribution in [2.24, 2.45) is 0 Å². The van der Waals surface area contributed by atoms with Crippen molar-refractivity contribution in [1.29, 1.82) is 0 Å². The first kappa shape index (κ1) is 6.86. The molecule has 0 saturated heterocycles. The van der Waals surface area contributed by atoms with Gasteiger partial charge in [0.25, 0.3) is 0 Å². The average molecular weight is 157 g/mol. The number of rotatable bonds is 0. The molecule has 0 unspecified atom stereocenters. The molecular weight excluding hydrogens is 150 g/mol. The zero-order chi connectivity index (χ0) is 8.55.